The molecule has 0 aromatic rings. The number of ketones is 1. The van der Waals surface area contributed by atoms with E-state index in [0.717, 1.165) is 50.5 Å². The van der Waals surface area contributed by atoms with Crippen LogP contribution in [0.3, 0.4) is 0 Å². The van der Waals surface area contributed by atoms with Crippen molar-refractivity contribution in [3.8, 4) is 0 Å². The van der Waals surface area contributed by atoms with Crippen LogP contribution in [0.4, 0.5) is 0 Å². The smallest absolute Gasteiger partial charge is 0.306 e. The van der Waals surface area contributed by atoms with Gasteiger partial charge >= 0.3 is 11.9 Å². The van der Waals surface area contributed by atoms with Crippen molar-refractivity contribution in [1.29, 1.82) is 0 Å². The fourth-order valence-corrected chi connectivity index (χ4v) is 10.5. The van der Waals surface area contributed by atoms with Crippen LogP contribution in [0.5, 0.6) is 0 Å². The van der Waals surface area contributed by atoms with Gasteiger partial charge in [-0.1, -0.05) is 32.1 Å². The largest absolute Gasteiger partial charge is 0.462 e. The zero-order chi connectivity index (χ0) is 38.8. The quantitative estimate of drug-likeness (QED) is 0.221. The third-order valence-electron chi connectivity index (χ3n) is 13.3. The van der Waals surface area contributed by atoms with E-state index >= 15 is 0 Å². The third-order valence-corrected chi connectivity index (χ3v) is 13.3. The van der Waals surface area contributed by atoms with Gasteiger partial charge in [0.05, 0.1) is 30.8 Å². The van der Waals surface area contributed by atoms with Gasteiger partial charge in [-0.25, -0.2) is 0 Å². The molecule has 3 heterocycles. The standard InChI is InChI=1S/C42H65NO11/c1-10-27-12-11-13-35(54-37-17-16-34(43(6)7)23(3)49-37)22(2)38(46)33-20-31-29(32(33)21-36(45)52-27)15-14-26-18-28(19-30(26)31)53-42-41(48-9)40(51-25(5)44)39(47-8)24(4)50-42/h14-15,20,22-24,26-32,34-35,37,39-42H,10-13,16-19,21H2,1-9H3/t22-,23+,24-,26+,27+,28+,29+,30+,31+,32-,34-,35-,37-,39-,40+,41+,42-/m0/s1. The summed E-state index contributed by atoms with van der Waals surface area (Å²) in [5.74, 6) is -0.726. The maximum absolute atomic E-state index is 14.7. The Labute approximate surface area is 321 Å². The summed E-state index contributed by atoms with van der Waals surface area (Å²) in [5.41, 5.74) is 0.732. The molecule has 4 fully saturated rings. The van der Waals surface area contributed by atoms with Crippen LogP contribution >= 0.6 is 0 Å². The van der Waals surface area contributed by atoms with Crippen LogP contribution in [0, 0.1) is 35.5 Å². The second-order valence-corrected chi connectivity index (χ2v) is 16.9. The highest BCUT2D eigenvalue weighted by molar-refractivity contribution is 5.99. The Morgan fingerprint density at radius 1 is 0.889 bits per heavy atom. The lowest BCUT2D eigenvalue weighted by Crippen LogP contribution is -2.60. The normalized spacial score (nSPS) is 44.3. The lowest BCUT2D eigenvalue weighted by atomic mass is 9.70. The molecule has 12 heteroatoms. The van der Waals surface area contributed by atoms with E-state index in [9.17, 15) is 14.4 Å². The predicted octanol–water partition coefficient (Wildman–Crippen LogP) is 5.40. The summed E-state index contributed by atoms with van der Waals surface area (Å²) in [4.78, 5) is 42.4. The number of rotatable bonds is 9. The van der Waals surface area contributed by atoms with Crippen molar-refractivity contribution in [1.82, 2.24) is 4.90 Å². The molecule has 3 saturated heterocycles. The number of carbonyl (C=O) groups is 3. The van der Waals surface area contributed by atoms with Gasteiger partial charge < -0.3 is 42.8 Å². The van der Waals surface area contributed by atoms with Crippen LogP contribution in [-0.2, 0) is 52.3 Å². The van der Waals surface area contributed by atoms with Crippen molar-refractivity contribution in [3.05, 3.63) is 23.8 Å². The highest BCUT2D eigenvalue weighted by Crippen LogP contribution is 2.54. The molecule has 0 aromatic heterocycles. The van der Waals surface area contributed by atoms with Crippen molar-refractivity contribution < 1.29 is 52.3 Å². The van der Waals surface area contributed by atoms with Crippen LogP contribution in [-0.4, -0.2) is 118 Å². The highest BCUT2D eigenvalue weighted by atomic mass is 16.7. The van der Waals surface area contributed by atoms with Crippen LogP contribution in [0.25, 0.3) is 0 Å². The zero-order valence-corrected chi connectivity index (χ0v) is 33.8. The number of cyclic esters (lactones) is 1. The topological polar surface area (TPSA) is 128 Å². The number of allylic oxidation sites excluding steroid dienone is 4. The highest BCUT2D eigenvalue weighted by Gasteiger charge is 2.53. The van der Waals surface area contributed by atoms with E-state index in [1.54, 1.807) is 14.2 Å². The summed E-state index contributed by atoms with van der Waals surface area (Å²) >= 11 is 0. The summed E-state index contributed by atoms with van der Waals surface area (Å²) < 4.78 is 49.2. The first-order chi connectivity index (χ1) is 25.8. The van der Waals surface area contributed by atoms with Crippen LogP contribution in [0.15, 0.2) is 23.8 Å². The zero-order valence-electron chi connectivity index (χ0n) is 33.8. The Morgan fingerprint density at radius 3 is 2.31 bits per heavy atom. The molecule has 1 saturated carbocycles. The van der Waals surface area contributed by atoms with Gasteiger partial charge in [0.2, 0.25) is 0 Å². The predicted molar refractivity (Wildman–Crippen MR) is 199 cm³/mol. The molecular weight excluding hydrogens is 694 g/mol. The number of nitrogens with zero attached hydrogens (tertiary/aromatic N) is 1. The van der Waals surface area contributed by atoms with Gasteiger partial charge in [0, 0.05) is 39.0 Å². The van der Waals surface area contributed by atoms with E-state index in [-0.39, 0.29) is 78.5 Å². The van der Waals surface area contributed by atoms with Gasteiger partial charge in [-0.2, -0.15) is 0 Å². The number of carbonyl (C=O) groups excluding carboxylic acids is 3. The molecule has 0 amide bonds. The number of hydrogen-bond donors (Lipinski definition) is 0. The van der Waals surface area contributed by atoms with Gasteiger partial charge in [0.25, 0.3) is 0 Å². The first kappa shape index (κ1) is 41.4. The van der Waals surface area contributed by atoms with Crippen molar-refractivity contribution in [3.63, 3.8) is 0 Å². The number of hydrogen-bond acceptors (Lipinski definition) is 12. The molecule has 54 heavy (non-hydrogen) atoms. The number of methoxy groups -OCH3 is 2. The molecule has 3 aliphatic carbocycles. The molecule has 17 atom stereocenters. The molecule has 0 radical (unpaired) electrons. The Morgan fingerprint density at radius 2 is 1.65 bits per heavy atom. The Hall–Kier alpha value is -2.19. The van der Waals surface area contributed by atoms with Crippen molar-refractivity contribution in [2.24, 2.45) is 35.5 Å². The summed E-state index contributed by atoms with van der Waals surface area (Å²) in [6.45, 7) is 9.40. The second-order valence-electron chi connectivity index (χ2n) is 16.9. The summed E-state index contributed by atoms with van der Waals surface area (Å²) in [6.07, 6.45) is 9.13. The van der Waals surface area contributed by atoms with Gasteiger partial charge in [-0.15, -0.1) is 0 Å². The number of esters is 2. The molecular formula is C42H65NO11. The maximum atomic E-state index is 14.7. The average molecular weight is 760 g/mol. The SMILES string of the molecule is CC[C@@H]1CCC[C@H](O[C@H]2CC[C@H](N(C)C)[C@@H](C)O2)[C@H](C)C(=O)C2=C[C@@H]3[C@@H](C=C[C@@H]4C[C@@H](O[C@@H]5O[C@@H](C)[C@H](OC)[C@@H](OC(C)=O)[C@H]5OC)C[C@@H]34)[C@@H]2CC(=O)O1. The lowest BCUT2D eigenvalue weighted by Gasteiger charge is -2.44. The molecule has 12 nitrogen and oxygen atoms in total. The number of Topliss-reactive ketones (excluding diaryl/α,β-unsaturated/α-hetero) is 1. The molecule has 0 unspecified atom stereocenters. The van der Waals surface area contributed by atoms with Crippen molar-refractivity contribution in [2.45, 2.75) is 160 Å². The fraction of sp³-hybridized carbons (Fsp3) is 0.833. The monoisotopic (exact) mass is 759 g/mol. The van der Waals surface area contributed by atoms with Gasteiger partial charge in [0.1, 0.15) is 18.3 Å². The minimum absolute atomic E-state index is 0.00469. The molecule has 6 rings (SSSR count). The first-order valence-corrected chi connectivity index (χ1v) is 20.5. The van der Waals surface area contributed by atoms with E-state index in [1.165, 1.54) is 6.92 Å². The Kier molecular flexibility index (Phi) is 13.8. The van der Waals surface area contributed by atoms with E-state index in [0.29, 0.717) is 12.5 Å². The maximum Gasteiger partial charge on any atom is 0.306 e. The number of fused-ring (bicyclic) bond motifs is 5. The fourth-order valence-electron chi connectivity index (χ4n) is 10.5. The molecule has 6 aliphatic rings. The molecule has 0 aromatic carbocycles. The summed E-state index contributed by atoms with van der Waals surface area (Å²) in [7, 11) is 7.28. The number of ether oxygens (including phenoxy) is 8. The molecule has 0 bridgehead atoms. The molecule has 304 valence electrons. The number of likely N-dealkylation sites (N-methyl/N-ethyl adjacent to an activating group) is 1. The van der Waals surface area contributed by atoms with E-state index in [1.807, 2.05) is 13.8 Å². The van der Waals surface area contributed by atoms with Crippen molar-refractivity contribution >= 4 is 17.7 Å². The van der Waals surface area contributed by atoms with E-state index in [4.69, 9.17) is 37.9 Å². The van der Waals surface area contributed by atoms with E-state index < -0.39 is 42.6 Å². The lowest BCUT2D eigenvalue weighted by molar-refractivity contribution is -0.312. The third kappa shape index (κ3) is 8.85. The minimum Gasteiger partial charge on any atom is -0.462 e. The van der Waals surface area contributed by atoms with Crippen LogP contribution in [0.1, 0.15) is 92.4 Å². The minimum atomic E-state index is -0.756. The summed E-state index contributed by atoms with van der Waals surface area (Å²) in [5, 5.41) is 0. The van der Waals surface area contributed by atoms with Gasteiger partial charge in [-0.3, -0.25) is 14.4 Å². The Balaban J connectivity index is 1.21. The summed E-state index contributed by atoms with van der Waals surface area (Å²) in [6, 6.07) is 0.325. The first-order valence-electron chi connectivity index (χ1n) is 20.5. The average Bonchev–Trinajstić information content (AvgIpc) is 3.70. The van der Waals surface area contributed by atoms with Crippen LogP contribution < -0.4 is 0 Å². The van der Waals surface area contributed by atoms with Crippen LogP contribution in [0.2, 0.25) is 0 Å². The van der Waals surface area contributed by atoms with Crippen molar-refractivity contribution in [2.75, 3.05) is 28.3 Å². The molecule has 3 aliphatic heterocycles. The van der Waals surface area contributed by atoms with Gasteiger partial charge in [-0.05, 0) is 109 Å². The van der Waals surface area contributed by atoms with Gasteiger partial charge in [0.15, 0.2) is 24.5 Å². The Bertz CT molecular complexity index is 1380. The molecule has 0 spiro atoms. The second kappa shape index (κ2) is 17.9. The molecule has 0 N–H and O–H groups in total. The van der Waals surface area contributed by atoms with E-state index in [2.05, 4.69) is 51.1 Å².